The number of rotatable bonds is 5. The molecule has 0 aromatic heterocycles. The van der Waals surface area contributed by atoms with Gasteiger partial charge in [-0.25, -0.2) is 4.79 Å². The van der Waals surface area contributed by atoms with E-state index in [1.807, 2.05) is 75.3 Å². The number of hydrogen-bond donors (Lipinski definition) is 0. The molecule has 1 atom stereocenters. The average Bonchev–Trinajstić information content (AvgIpc) is 3.00. The topological polar surface area (TPSA) is 63.2 Å². The predicted octanol–water partition coefficient (Wildman–Crippen LogP) is 3.24. The fourth-order valence-corrected chi connectivity index (χ4v) is 3.36. The Morgan fingerprint density at radius 3 is 1.48 bits per heavy atom. The van der Waals surface area contributed by atoms with Crippen LogP contribution in [0.4, 0.5) is 0 Å². The van der Waals surface area contributed by atoms with E-state index in [1.54, 1.807) is 12.1 Å². The Bertz CT molecular complexity index is 762. The molecule has 1 aromatic rings. The summed E-state index contributed by atoms with van der Waals surface area (Å²) in [6, 6.07) is 5.49. The average molecular weight is 430 g/mol. The Morgan fingerprint density at radius 2 is 1.16 bits per heavy atom. The predicted molar refractivity (Wildman–Crippen MR) is 123 cm³/mol. The molecule has 0 amide bonds. The quantitative estimate of drug-likeness (QED) is 0.528. The SMILES string of the molecule is CC[C@@H](C)OC(=O)c1cc(B2OC(C)(C)C(C)(C)O2)cc(B2OC(C)(C)C(C)(C)O2)c1. The van der Waals surface area contributed by atoms with Crippen molar-refractivity contribution in [3.8, 4) is 0 Å². The second kappa shape index (κ2) is 7.91. The molecule has 0 N–H and O–H groups in total. The summed E-state index contributed by atoms with van der Waals surface area (Å²) >= 11 is 0. The van der Waals surface area contributed by atoms with E-state index < -0.39 is 36.6 Å². The molecule has 6 nitrogen and oxygen atoms in total. The van der Waals surface area contributed by atoms with Gasteiger partial charge in [0.05, 0.1) is 34.1 Å². The van der Waals surface area contributed by atoms with Gasteiger partial charge in [-0.15, -0.1) is 0 Å². The van der Waals surface area contributed by atoms with Crippen molar-refractivity contribution >= 4 is 31.1 Å². The third-order valence-electron chi connectivity index (χ3n) is 7.15. The highest BCUT2D eigenvalue weighted by atomic mass is 16.7. The van der Waals surface area contributed by atoms with Gasteiger partial charge in [0.1, 0.15) is 0 Å². The van der Waals surface area contributed by atoms with E-state index in [1.165, 1.54) is 0 Å². The van der Waals surface area contributed by atoms with Crippen LogP contribution in [-0.4, -0.2) is 48.7 Å². The molecule has 0 unspecified atom stereocenters. The van der Waals surface area contributed by atoms with Crippen LogP contribution in [0.2, 0.25) is 0 Å². The van der Waals surface area contributed by atoms with Crippen molar-refractivity contribution in [2.45, 2.75) is 104 Å². The van der Waals surface area contributed by atoms with Crippen LogP contribution in [0.1, 0.15) is 86.0 Å². The molecular formula is C23H36B2O6. The second-order valence-corrected chi connectivity index (χ2v) is 10.7. The Morgan fingerprint density at radius 1 is 0.806 bits per heavy atom. The zero-order chi connectivity index (χ0) is 23.4. The molecule has 0 saturated carbocycles. The third-order valence-corrected chi connectivity index (χ3v) is 7.15. The summed E-state index contributed by atoms with van der Waals surface area (Å²) in [7, 11) is -1.22. The summed E-state index contributed by atoms with van der Waals surface area (Å²) in [5.74, 6) is -0.384. The third kappa shape index (κ3) is 4.58. The minimum atomic E-state index is -0.609. The Kier molecular flexibility index (Phi) is 6.20. The second-order valence-electron chi connectivity index (χ2n) is 10.7. The normalized spacial score (nSPS) is 24.3. The van der Waals surface area contributed by atoms with Gasteiger partial charge in [0.25, 0.3) is 0 Å². The lowest BCUT2D eigenvalue weighted by Crippen LogP contribution is -2.42. The van der Waals surface area contributed by atoms with Gasteiger partial charge >= 0.3 is 20.2 Å². The van der Waals surface area contributed by atoms with Gasteiger partial charge in [-0.2, -0.15) is 0 Å². The van der Waals surface area contributed by atoms with Gasteiger partial charge in [0.2, 0.25) is 0 Å². The first-order valence-electron chi connectivity index (χ1n) is 11.2. The molecule has 2 fully saturated rings. The number of hydrogen-bond acceptors (Lipinski definition) is 6. The first-order valence-corrected chi connectivity index (χ1v) is 11.2. The monoisotopic (exact) mass is 430 g/mol. The summed E-state index contributed by atoms with van der Waals surface area (Å²) < 4.78 is 30.5. The van der Waals surface area contributed by atoms with Gasteiger partial charge in [-0.05, 0) is 91.8 Å². The van der Waals surface area contributed by atoms with Gasteiger partial charge in [0, 0.05) is 0 Å². The van der Waals surface area contributed by atoms with E-state index in [2.05, 4.69) is 0 Å². The van der Waals surface area contributed by atoms with Gasteiger partial charge in [-0.1, -0.05) is 13.0 Å². The molecule has 2 saturated heterocycles. The Labute approximate surface area is 187 Å². The summed E-state index contributed by atoms with van der Waals surface area (Å²) in [6.45, 7) is 19.9. The summed E-state index contributed by atoms with van der Waals surface area (Å²) in [6.07, 6.45) is 0.570. The minimum absolute atomic E-state index is 0.173. The number of esters is 1. The lowest BCUT2D eigenvalue weighted by atomic mass is 9.71. The molecule has 0 spiro atoms. The number of benzene rings is 1. The smallest absolute Gasteiger partial charge is 0.459 e. The summed E-state index contributed by atoms with van der Waals surface area (Å²) in [5, 5.41) is 0. The number of carbonyl (C=O) groups is 1. The zero-order valence-electron chi connectivity index (χ0n) is 20.6. The van der Waals surface area contributed by atoms with Crippen LogP contribution in [0.3, 0.4) is 0 Å². The maximum atomic E-state index is 12.9. The molecule has 0 bridgehead atoms. The Hall–Kier alpha value is -1.34. The first-order chi connectivity index (χ1) is 14.1. The highest BCUT2D eigenvalue weighted by Crippen LogP contribution is 2.38. The van der Waals surface area contributed by atoms with Crippen LogP contribution >= 0.6 is 0 Å². The fraction of sp³-hybridized carbons (Fsp3) is 0.696. The van der Waals surface area contributed by atoms with Crippen LogP contribution in [0.25, 0.3) is 0 Å². The van der Waals surface area contributed by atoms with Crippen LogP contribution in [0.5, 0.6) is 0 Å². The number of ether oxygens (including phenoxy) is 1. The molecule has 0 aliphatic carbocycles. The maximum absolute atomic E-state index is 12.9. The molecule has 170 valence electrons. The molecule has 31 heavy (non-hydrogen) atoms. The zero-order valence-corrected chi connectivity index (χ0v) is 20.6. The largest absolute Gasteiger partial charge is 0.494 e. The molecule has 8 heteroatoms. The van der Waals surface area contributed by atoms with Gasteiger partial charge < -0.3 is 23.4 Å². The van der Waals surface area contributed by atoms with Crippen molar-refractivity contribution in [3.05, 3.63) is 23.8 Å². The summed E-state index contributed by atoms with van der Waals surface area (Å²) in [4.78, 5) is 12.9. The highest BCUT2D eigenvalue weighted by molar-refractivity contribution is 6.66. The Balaban J connectivity index is 2.01. The van der Waals surface area contributed by atoms with E-state index in [9.17, 15) is 4.79 Å². The van der Waals surface area contributed by atoms with Crippen LogP contribution < -0.4 is 10.9 Å². The molecule has 2 aliphatic rings. The standard InChI is InChI=1S/C23H36B2O6/c1-11-15(2)27-19(26)16-12-17(24-28-20(3,4)21(5,6)29-24)14-18(13-16)25-30-22(7,8)23(9,10)31-25/h12-15H,11H2,1-10H3/t15-/m1/s1. The minimum Gasteiger partial charge on any atom is -0.459 e. The van der Waals surface area contributed by atoms with Crippen LogP contribution in [0, 0.1) is 0 Å². The van der Waals surface area contributed by atoms with Gasteiger partial charge in [-0.3, -0.25) is 0 Å². The van der Waals surface area contributed by atoms with Crippen molar-refractivity contribution in [2.24, 2.45) is 0 Å². The first kappa shape index (κ1) is 24.3. The van der Waals surface area contributed by atoms with Crippen molar-refractivity contribution in [1.29, 1.82) is 0 Å². The van der Waals surface area contributed by atoms with Gasteiger partial charge in [0.15, 0.2) is 0 Å². The molecule has 2 heterocycles. The van der Waals surface area contributed by atoms with Crippen molar-refractivity contribution in [2.75, 3.05) is 0 Å². The van der Waals surface area contributed by atoms with Crippen molar-refractivity contribution < 1.29 is 28.1 Å². The van der Waals surface area contributed by atoms with E-state index in [4.69, 9.17) is 23.4 Å². The molecule has 1 aromatic carbocycles. The lowest BCUT2D eigenvalue weighted by Gasteiger charge is -2.32. The highest BCUT2D eigenvalue weighted by Gasteiger charge is 2.54. The molecule has 0 radical (unpaired) electrons. The maximum Gasteiger partial charge on any atom is 0.494 e. The van der Waals surface area contributed by atoms with E-state index in [-0.39, 0.29) is 12.1 Å². The lowest BCUT2D eigenvalue weighted by molar-refractivity contribution is 0.00578. The van der Waals surface area contributed by atoms with Crippen LogP contribution in [0.15, 0.2) is 18.2 Å². The van der Waals surface area contributed by atoms with Crippen molar-refractivity contribution in [1.82, 2.24) is 0 Å². The molecular weight excluding hydrogens is 394 g/mol. The fourth-order valence-electron chi connectivity index (χ4n) is 3.36. The van der Waals surface area contributed by atoms with E-state index >= 15 is 0 Å². The number of carbonyl (C=O) groups excluding carboxylic acids is 1. The van der Waals surface area contributed by atoms with Crippen molar-refractivity contribution in [3.63, 3.8) is 0 Å². The summed E-state index contributed by atoms with van der Waals surface area (Å²) in [5.41, 5.74) is -0.0588. The van der Waals surface area contributed by atoms with Crippen LogP contribution in [-0.2, 0) is 23.4 Å². The molecule has 2 aliphatic heterocycles. The van der Waals surface area contributed by atoms with E-state index in [0.717, 1.165) is 17.3 Å². The van der Waals surface area contributed by atoms with E-state index in [0.29, 0.717) is 5.56 Å². The molecule has 3 rings (SSSR count).